The number of hydrogen-bond acceptors (Lipinski definition) is 4. The van der Waals surface area contributed by atoms with E-state index in [0.29, 0.717) is 17.9 Å². The molecule has 0 radical (unpaired) electrons. The normalized spacial score (nSPS) is 15.1. The van der Waals surface area contributed by atoms with Crippen LogP contribution < -0.4 is 4.72 Å². The lowest BCUT2D eigenvalue weighted by molar-refractivity contribution is 0.532. The van der Waals surface area contributed by atoms with Crippen molar-refractivity contribution in [2.45, 2.75) is 18.2 Å². The molecule has 2 rings (SSSR count). The molecule has 1 aromatic carbocycles. The van der Waals surface area contributed by atoms with Crippen molar-refractivity contribution >= 4 is 48.7 Å². The van der Waals surface area contributed by atoms with Crippen molar-refractivity contribution in [2.24, 2.45) is 14.6 Å². The maximum absolute atomic E-state index is 12.3. The maximum atomic E-state index is 12.3. The van der Waals surface area contributed by atoms with Gasteiger partial charge in [0.2, 0.25) is 10.0 Å². The summed E-state index contributed by atoms with van der Waals surface area (Å²) in [5.41, 5.74) is 1.05. The minimum absolute atomic E-state index is 0.199. The molecule has 1 aliphatic rings. The summed E-state index contributed by atoms with van der Waals surface area (Å²) in [7, 11) is -3.53. The van der Waals surface area contributed by atoms with Crippen LogP contribution in [0.5, 0.6) is 0 Å². The van der Waals surface area contributed by atoms with Crippen molar-refractivity contribution in [3.8, 4) is 0 Å². The van der Waals surface area contributed by atoms with Gasteiger partial charge in [-0.25, -0.2) is 13.1 Å². The summed E-state index contributed by atoms with van der Waals surface area (Å²) in [6.45, 7) is 2.43. The molecule has 0 saturated heterocycles. The van der Waals surface area contributed by atoms with Gasteiger partial charge in [0.15, 0.2) is 0 Å². The summed E-state index contributed by atoms with van der Waals surface area (Å²) >= 11 is 4.37. The molecule has 0 aromatic heterocycles. The van der Waals surface area contributed by atoms with Crippen LogP contribution in [-0.2, 0) is 21.4 Å². The summed E-state index contributed by atoms with van der Waals surface area (Å²) in [5.74, 6) is 0.280. The van der Waals surface area contributed by atoms with Gasteiger partial charge < -0.3 is 0 Å². The van der Waals surface area contributed by atoms with Crippen LogP contribution in [0.3, 0.4) is 0 Å². The molecule has 1 unspecified atom stereocenters. The summed E-state index contributed by atoms with van der Waals surface area (Å²) in [4.78, 5) is 0.199. The van der Waals surface area contributed by atoms with Gasteiger partial charge in [-0.1, -0.05) is 28.9 Å². The fourth-order valence-electron chi connectivity index (χ4n) is 1.62. The zero-order valence-electron chi connectivity index (χ0n) is 10.3. The van der Waals surface area contributed by atoms with Crippen LogP contribution in [0, 0.1) is 5.92 Å². The Morgan fingerprint density at radius 1 is 1.42 bits per heavy atom. The SMILES string of the molecule is CC(CCBr)CNS(=O)(=O)c1cccc2c1N=S=N2. The third-order valence-electron chi connectivity index (χ3n) is 2.76. The van der Waals surface area contributed by atoms with E-state index >= 15 is 0 Å². The Balaban J connectivity index is 2.17. The molecular formula is C11H14BrN3O2S2. The van der Waals surface area contributed by atoms with Crippen LogP contribution in [0.1, 0.15) is 13.3 Å². The van der Waals surface area contributed by atoms with Gasteiger partial charge in [-0.3, -0.25) is 0 Å². The van der Waals surface area contributed by atoms with Crippen molar-refractivity contribution in [2.75, 3.05) is 11.9 Å². The summed E-state index contributed by atoms with van der Waals surface area (Å²) < 4.78 is 35.3. The Morgan fingerprint density at radius 2 is 2.21 bits per heavy atom. The van der Waals surface area contributed by atoms with Gasteiger partial charge in [0, 0.05) is 11.9 Å². The number of halogens is 1. The number of alkyl halides is 1. The highest BCUT2D eigenvalue weighted by Crippen LogP contribution is 2.37. The zero-order chi connectivity index (χ0) is 13.9. The molecule has 0 spiro atoms. The Labute approximate surface area is 124 Å². The van der Waals surface area contributed by atoms with E-state index in [1.165, 1.54) is 0 Å². The first-order valence-corrected chi connectivity index (χ1v) is 9.15. The van der Waals surface area contributed by atoms with Crippen LogP contribution in [0.2, 0.25) is 0 Å². The topological polar surface area (TPSA) is 70.9 Å². The number of nitrogens with one attached hydrogen (secondary N) is 1. The molecule has 1 atom stereocenters. The van der Waals surface area contributed by atoms with E-state index in [1.807, 2.05) is 6.92 Å². The minimum atomic E-state index is -3.53. The van der Waals surface area contributed by atoms with E-state index in [9.17, 15) is 8.42 Å². The molecule has 8 heteroatoms. The Kier molecular flexibility index (Phi) is 4.88. The summed E-state index contributed by atoms with van der Waals surface area (Å²) in [5, 5.41) is 0.863. The second-order valence-electron chi connectivity index (χ2n) is 4.32. The molecular weight excluding hydrogens is 350 g/mol. The van der Waals surface area contributed by atoms with Crippen molar-refractivity contribution in [3.05, 3.63) is 18.2 Å². The average Bonchev–Trinajstić information content (AvgIpc) is 2.84. The Morgan fingerprint density at radius 3 is 2.95 bits per heavy atom. The van der Waals surface area contributed by atoms with Crippen molar-refractivity contribution in [1.29, 1.82) is 0 Å². The van der Waals surface area contributed by atoms with Gasteiger partial charge in [0.25, 0.3) is 0 Å². The molecule has 0 fully saturated rings. The standard InChI is InChI=1S/C11H14BrN3O2S2/c1-8(5-6-12)7-13-19(16,17)10-4-2-3-9-11(10)15-18-14-9/h2-4,8,13H,5-7H2,1H3. The molecule has 1 heterocycles. The van der Waals surface area contributed by atoms with Gasteiger partial charge in [-0.05, 0) is 24.5 Å². The van der Waals surface area contributed by atoms with Crippen molar-refractivity contribution < 1.29 is 8.42 Å². The first-order chi connectivity index (χ1) is 9.04. The molecule has 1 aromatic rings. The zero-order valence-corrected chi connectivity index (χ0v) is 13.6. The largest absolute Gasteiger partial charge is 0.242 e. The maximum Gasteiger partial charge on any atom is 0.242 e. The predicted molar refractivity (Wildman–Crippen MR) is 80.7 cm³/mol. The second-order valence-corrected chi connectivity index (χ2v) is 7.38. The van der Waals surface area contributed by atoms with Gasteiger partial charge >= 0.3 is 0 Å². The number of sulfonamides is 1. The first kappa shape index (κ1) is 14.8. The predicted octanol–water partition coefficient (Wildman–Crippen LogP) is 3.11. The minimum Gasteiger partial charge on any atom is -0.211 e. The van der Waals surface area contributed by atoms with Gasteiger partial charge in [-0.15, -0.1) is 0 Å². The molecule has 104 valence electrons. The van der Waals surface area contributed by atoms with Gasteiger partial charge in [0.05, 0.1) is 11.4 Å². The highest BCUT2D eigenvalue weighted by molar-refractivity contribution is 9.09. The smallest absolute Gasteiger partial charge is 0.211 e. The van der Waals surface area contributed by atoms with Crippen LogP contribution in [0.25, 0.3) is 0 Å². The number of rotatable bonds is 6. The summed E-state index contributed by atoms with van der Waals surface area (Å²) in [6, 6.07) is 4.99. The van der Waals surface area contributed by atoms with E-state index in [0.717, 1.165) is 23.1 Å². The van der Waals surface area contributed by atoms with E-state index in [-0.39, 0.29) is 10.8 Å². The van der Waals surface area contributed by atoms with Crippen LogP contribution in [0.4, 0.5) is 11.4 Å². The number of nitrogens with zero attached hydrogens (tertiary/aromatic N) is 2. The molecule has 0 bridgehead atoms. The highest BCUT2D eigenvalue weighted by Gasteiger charge is 2.22. The van der Waals surface area contributed by atoms with Crippen LogP contribution in [-0.4, -0.2) is 20.3 Å². The lowest BCUT2D eigenvalue weighted by atomic mass is 10.1. The van der Waals surface area contributed by atoms with E-state index in [2.05, 4.69) is 29.4 Å². The highest BCUT2D eigenvalue weighted by atomic mass is 79.9. The van der Waals surface area contributed by atoms with Crippen LogP contribution in [0.15, 0.2) is 31.8 Å². The lowest BCUT2D eigenvalue weighted by Crippen LogP contribution is -2.28. The number of benzene rings is 1. The molecule has 1 N–H and O–H groups in total. The Hall–Kier alpha value is -0.570. The fraction of sp³-hybridized carbons (Fsp3) is 0.455. The average molecular weight is 364 g/mol. The van der Waals surface area contributed by atoms with Gasteiger partial charge in [-0.2, -0.15) is 8.73 Å². The fourth-order valence-corrected chi connectivity index (χ4v) is 4.33. The number of hydrogen-bond donors (Lipinski definition) is 1. The van der Waals surface area contributed by atoms with E-state index < -0.39 is 10.0 Å². The lowest BCUT2D eigenvalue weighted by Gasteiger charge is -2.12. The first-order valence-electron chi connectivity index (χ1n) is 5.81. The molecule has 19 heavy (non-hydrogen) atoms. The summed E-state index contributed by atoms with van der Waals surface area (Å²) in [6.07, 6.45) is 0.922. The quantitative estimate of drug-likeness (QED) is 0.800. The molecule has 0 aliphatic carbocycles. The van der Waals surface area contributed by atoms with Crippen molar-refractivity contribution in [1.82, 2.24) is 4.72 Å². The van der Waals surface area contributed by atoms with Gasteiger partial charge in [0.1, 0.15) is 16.3 Å². The third-order valence-corrected chi connectivity index (χ3v) is 5.22. The monoisotopic (exact) mass is 363 g/mol. The number of fused-ring (bicyclic) bond motifs is 1. The third kappa shape index (κ3) is 3.50. The molecule has 0 amide bonds. The van der Waals surface area contributed by atoms with Crippen LogP contribution >= 0.6 is 15.9 Å². The molecule has 1 aliphatic heterocycles. The molecule has 5 nitrogen and oxygen atoms in total. The second kappa shape index (κ2) is 6.25. The molecule has 0 saturated carbocycles. The Bertz CT molecular complexity index is 639. The van der Waals surface area contributed by atoms with Crippen molar-refractivity contribution in [3.63, 3.8) is 0 Å². The van der Waals surface area contributed by atoms with E-state index in [4.69, 9.17) is 0 Å². The van der Waals surface area contributed by atoms with E-state index in [1.54, 1.807) is 18.2 Å².